The molecule has 2 aromatic rings. The number of carbonyl (C=O) groups excluding carboxylic acids is 3. The van der Waals surface area contributed by atoms with Gasteiger partial charge in [0.25, 0.3) is 11.1 Å². The molecule has 1 fully saturated rings. The summed E-state index contributed by atoms with van der Waals surface area (Å²) < 4.78 is 14.5. The Morgan fingerprint density at radius 3 is 2.79 bits per heavy atom. The van der Waals surface area contributed by atoms with Gasteiger partial charge in [-0.25, -0.2) is 4.39 Å². The van der Waals surface area contributed by atoms with E-state index in [1.807, 2.05) is 22.6 Å². The minimum Gasteiger partial charge on any atom is -0.506 e. The molecule has 0 aliphatic carbocycles. The largest absolute Gasteiger partial charge is 0.506 e. The number of phenolic OH excluding ortho intramolecular Hbond substituents is 1. The third-order valence-corrected chi connectivity index (χ3v) is 5.82. The summed E-state index contributed by atoms with van der Waals surface area (Å²) in [6, 6.07) is 8.60. The number of carbonyl (C=O) groups is 3. The first-order valence-corrected chi connectivity index (χ1v) is 10.4. The summed E-state index contributed by atoms with van der Waals surface area (Å²) in [7, 11) is 0. The third-order valence-electron chi connectivity index (χ3n) is 3.63. The summed E-state index contributed by atoms with van der Waals surface area (Å²) in [5.74, 6) is -1.80. The third kappa shape index (κ3) is 4.73. The fourth-order valence-corrected chi connectivity index (χ4v) is 4.76. The molecular formula is C18H11BrFIN2O4S. The summed E-state index contributed by atoms with van der Waals surface area (Å²) in [4.78, 5) is 37.7. The van der Waals surface area contributed by atoms with Crippen molar-refractivity contribution in [3.63, 3.8) is 0 Å². The molecular weight excluding hydrogens is 566 g/mol. The number of imide groups is 1. The van der Waals surface area contributed by atoms with Crippen LogP contribution in [0.3, 0.4) is 0 Å². The lowest BCUT2D eigenvalue weighted by Gasteiger charge is -2.12. The van der Waals surface area contributed by atoms with Crippen LogP contribution in [0.5, 0.6) is 5.75 Å². The molecule has 2 aromatic carbocycles. The second-order valence-corrected chi connectivity index (χ2v) is 8.72. The lowest BCUT2D eigenvalue weighted by atomic mass is 10.2. The second-order valence-electron chi connectivity index (χ2n) is 5.65. The van der Waals surface area contributed by atoms with Crippen molar-refractivity contribution in [2.45, 2.75) is 0 Å². The van der Waals surface area contributed by atoms with Gasteiger partial charge in [-0.2, -0.15) is 0 Å². The fourth-order valence-electron chi connectivity index (χ4n) is 2.38. The minimum atomic E-state index is -0.640. The van der Waals surface area contributed by atoms with Crippen molar-refractivity contribution < 1.29 is 23.9 Å². The highest BCUT2D eigenvalue weighted by Gasteiger charge is 2.36. The number of nitrogens with zero attached hydrogens (tertiary/aromatic N) is 1. The predicted octanol–water partition coefficient (Wildman–Crippen LogP) is 4.57. The zero-order valence-electron chi connectivity index (χ0n) is 13.9. The predicted molar refractivity (Wildman–Crippen MR) is 116 cm³/mol. The van der Waals surface area contributed by atoms with Crippen LogP contribution < -0.4 is 5.32 Å². The molecule has 3 amide bonds. The van der Waals surface area contributed by atoms with Gasteiger partial charge in [-0.3, -0.25) is 19.3 Å². The number of rotatable bonds is 4. The highest BCUT2D eigenvalue weighted by Crippen LogP contribution is 2.36. The van der Waals surface area contributed by atoms with E-state index < -0.39 is 29.4 Å². The van der Waals surface area contributed by atoms with Crippen LogP contribution in [0.2, 0.25) is 0 Å². The van der Waals surface area contributed by atoms with Gasteiger partial charge < -0.3 is 10.4 Å². The number of hydrogen-bond acceptors (Lipinski definition) is 5. The first-order valence-electron chi connectivity index (χ1n) is 7.73. The van der Waals surface area contributed by atoms with Crippen LogP contribution in [0.4, 0.5) is 14.9 Å². The van der Waals surface area contributed by atoms with Crippen molar-refractivity contribution in [3.05, 3.63) is 60.7 Å². The number of benzene rings is 2. The van der Waals surface area contributed by atoms with Crippen LogP contribution in [0.15, 0.2) is 45.8 Å². The molecule has 0 spiro atoms. The number of halogens is 3. The van der Waals surface area contributed by atoms with Crippen LogP contribution in [-0.4, -0.2) is 33.6 Å². The smallest absolute Gasteiger partial charge is 0.294 e. The van der Waals surface area contributed by atoms with Gasteiger partial charge in [0.15, 0.2) is 0 Å². The Labute approximate surface area is 185 Å². The molecule has 6 nitrogen and oxygen atoms in total. The standard InChI is InChI=1S/C18H11BrFIN2O4S/c19-10-4-9(16(25)13(21)6-10)5-14-17(26)23(18(27)28-14)8-15(24)22-12-3-1-2-11(20)7-12/h1-7,25H,8H2,(H,22,24)/b14-5-. The molecule has 144 valence electrons. The van der Waals surface area contributed by atoms with E-state index in [1.54, 1.807) is 12.1 Å². The molecule has 0 atom stereocenters. The van der Waals surface area contributed by atoms with Gasteiger partial charge in [-0.15, -0.1) is 0 Å². The molecule has 0 aromatic heterocycles. The number of phenols is 1. The number of anilines is 1. The SMILES string of the molecule is O=C(CN1C(=O)S/C(=C\c2cc(Br)cc(I)c2O)C1=O)Nc1cccc(F)c1. The Morgan fingerprint density at radius 1 is 1.32 bits per heavy atom. The molecule has 1 aliphatic heterocycles. The van der Waals surface area contributed by atoms with Crippen molar-refractivity contribution >= 4 is 79.1 Å². The Bertz CT molecular complexity index is 1030. The molecule has 0 bridgehead atoms. The highest BCUT2D eigenvalue weighted by atomic mass is 127. The maximum atomic E-state index is 13.2. The van der Waals surface area contributed by atoms with Crippen LogP contribution in [0.25, 0.3) is 6.08 Å². The van der Waals surface area contributed by atoms with E-state index in [0.717, 1.165) is 11.0 Å². The molecule has 3 rings (SSSR count). The summed E-state index contributed by atoms with van der Waals surface area (Å²) >= 11 is 5.93. The fraction of sp³-hybridized carbons (Fsp3) is 0.0556. The molecule has 0 radical (unpaired) electrons. The van der Waals surface area contributed by atoms with Crippen molar-refractivity contribution in [1.29, 1.82) is 0 Å². The van der Waals surface area contributed by atoms with Crippen molar-refractivity contribution in [2.75, 3.05) is 11.9 Å². The lowest BCUT2D eigenvalue weighted by molar-refractivity contribution is -0.127. The normalized spacial score (nSPS) is 15.4. The number of thioether (sulfide) groups is 1. The van der Waals surface area contributed by atoms with Crippen molar-refractivity contribution in [1.82, 2.24) is 4.90 Å². The van der Waals surface area contributed by atoms with Crippen LogP contribution in [0.1, 0.15) is 5.56 Å². The van der Waals surface area contributed by atoms with Crippen LogP contribution >= 0.6 is 50.3 Å². The van der Waals surface area contributed by atoms with E-state index in [4.69, 9.17) is 0 Å². The minimum absolute atomic E-state index is 0.0144. The maximum absolute atomic E-state index is 13.2. The maximum Gasteiger partial charge on any atom is 0.294 e. The monoisotopic (exact) mass is 576 g/mol. The van der Waals surface area contributed by atoms with Gasteiger partial charge in [-0.05, 0) is 70.8 Å². The zero-order valence-corrected chi connectivity index (χ0v) is 18.5. The second kappa shape index (κ2) is 8.62. The Morgan fingerprint density at radius 2 is 2.07 bits per heavy atom. The topological polar surface area (TPSA) is 86.7 Å². The summed E-state index contributed by atoms with van der Waals surface area (Å²) in [6.07, 6.45) is 1.40. The molecule has 0 unspecified atom stereocenters. The van der Waals surface area contributed by atoms with Gasteiger partial charge in [0.05, 0.1) is 8.48 Å². The van der Waals surface area contributed by atoms with E-state index in [0.29, 0.717) is 25.4 Å². The first kappa shape index (κ1) is 20.8. The molecule has 10 heteroatoms. The number of hydrogen-bond donors (Lipinski definition) is 2. The lowest BCUT2D eigenvalue weighted by Crippen LogP contribution is -2.36. The Kier molecular flexibility index (Phi) is 6.40. The molecule has 28 heavy (non-hydrogen) atoms. The average molecular weight is 577 g/mol. The Hall–Kier alpha value is -1.92. The molecule has 1 aliphatic rings. The molecule has 2 N–H and O–H groups in total. The Balaban J connectivity index is 1.76. The van der Waals surface area contributed by atoms with Crippen molar-refractivity contribution in [3.8, 4) is 5.75 Å². The average Bonchev–Trinajstić information content (AvgIpc) is 2.86. The van der Waals surface area contributed by atoms with Crippen LogP contribution in [-0.2, 0) is 9.59 Å². The van der Waals surface area contributed by atoms with E-state index in [1.165, 1.54) is 24.3 Å². The highest BCUT2D eigenvalue weighted by molar-refractivity contribution is 14.1. The van der Waals surface area contributed by atoms with Crippen molar-refractivity contribution in [2.24, 2.45) is 0 Å². The van der Waals surface area contributed by atoms with E-state index in [2.05, 4.69) is 21.2 Å². The summed E-state index contributed by atoms with van der Waals surface area (Å²) in [5.41, 5.74) is 0.592. The molecule has 1 saturated heterocycles. The van der Waals surface area contributed by atoms with E-state index >= 15 is 0 Å². The summed E-state index contributed by atoms with van der Waals surface area (Å²) in [5, 5.41) is 12.0. The number of aromatic hydroxyl groups is 1. The van der Waals surface area contributed by atoms with Crippen LogP contribution in [0, 0.1) is 9.39 Å². The van der Waals surface area contributed by atoms with E-state index in [-0.39, 0.29) is 16.3 Å². The van der Waals surface area contributed by atoms with Gasteiger partial charge in [0.1, 0.15) is 18.1 Å². The number of nitrogens with one attached hydrogen (secondary N) is 1. The quantitative estimate of drug-likeness (QED) is 0.411. The molecule has 1 heterocycles. The van der Waals surface area contributed by atoms with E-state index in [9.17, 15) is 23.9 Å². The van der Waals surface area contributed by atoms with Gasteiger partial charge >= 0.3 is 0 Å². The van der Waals surface area contributed by atoms with Gasteiger partial charge in [0, 0.05) is 15.7 Å². The molecule has 0 saturated carbocycles. The number of amides is 3. The first-order chi connectivity index (χ1) is 13.2. The summed E-state index contributed by atoms with van der Waals surface area (Å²) in [6.45, 7) is -0.499. The zero-order chi connectivity index (χ0) is 20.4. The van der Waals surface area contributed by atoms with Gasteiger partial charge in [-0.1, -0.05) is 22.0 Å². The van der Waals surface area contributed by atoms with Gasteiger partial charge in [0.2, 0.25) is 5.91 Å².